The topological polar surface area (TPSA) is 73.2 Å². The van der Waals surface area contributed by atoms with Gasteiger partial charge in [-0.1, -0.05) is 29.5 Å². The van der Waals surface area contributed by atoms with Crippen molar-refractivity contribution in [3.8, 4) is 5.75 Å². The first-order valence-electron chi connectivity index (χ1n) is 9.32. The Bertz CT molecular complexity index is 1280. The maximum Gasteiger partial charge on any atom is 0.263 e. The number of rotatable bonds is 6. The van der Waals surface area contributed by atoms with E-state index in [1.165, 1.54) is 34.2 Å². The van der Waals surface area contributed by atoms with Crippen LogP contribution in [0.3, 0.4) is 0 Å². The number of thiazole rings is 1. The number of aromatic nitrogens is 2. The van der Waals surface area contributed by atoms with Gasteiger partial charge in [-0.05, 0) is 43.3 Å². The minimum Gasteiger partial charge on any atom is -0.494 e. The summed E-state index contributed by atoms with van der Waals surface area (Å²) in [7, 11) is 0. The molecule has 2 heterocycles. The van der Waals surface area contributed by atoms with Crippen LogP contribution in [0.2, 0.25) is 0 Å². The summed E-state index contributed by atoms with van der Waals surface area (Å²) in [4.78, 5) is 29.8. The summed E-state index contributed by atoms with van der Waals surface area (Å²) >= 11 is 1.29. The van der Waals surface area contributed by atoms with Crippen LogP contribution in [0, 0.1) is 5.82 Å². The number of benzene rings is 2. The Hall–Kier alpha value is -3.52. The monoisotopic (exact) mass is 423 g/mol. The average molecular weight is 423 g/mol. The molecular weight excluding hydrogens is 405 g/mol. The Labute approximate surface area is 175 Å². The highest BCUT2D eigenvalue weighted by Crippen LogP contribution is 2.29. The molecule has 6 nitrogen and oxygen atoms in total. The third kappa shape index (κ3) is 4.08. The molecule has 152 valence electrons. The molecule has 0 aliphatic rings. The summed E-state index contributed by atoms with van der Waals surface area (Å²) in [6, 6.07) is 14.7. The van der Waals surface area contributed by atoms with Gasteiger partial charge in [-0.25, -0.2) is 9.37 Å². The van der Waals surface area contributed by atoms with Crippen molar-refractivity contribution in [3.05, 3.63) is 88.1 Å². The second kappa shape index (κ2) is 8.46. The van der Waals surface area contributed by atoms with Crippen molar-refractivity contribution in [3.63, 3.8) is 0 Å². The summed E-state index contributed by atoms with van der Waals surface area (Å²) in [5, 5.41) is 3.06. The van der Waals surface area contributed by atoms with Gasteiger partial charge in [0.25, 0.3) is 11.5 Å². The molecule has 1 N–H and O–H groups in total. The van der Waals surface area contributed by atoms with E-state index in [0.29, 0.717) is 17.3 Å². The van der Waals surface area contributed by atoms with E-state index in [1.54, 1.807) is 24.3 Å². The van der Waals surface area contributed by atoms with Gasteiger partial charge >= 0.3 is 0 Å². The van der Waals surface area contributed by atoms with Crippen molar-refractivity contribution in [1.29, 1.82) is 0 Å². The van der Waals surface area contributed by atoms with Crippen LogP contribution >= 0.6 is 11.3 Å². The molecule has 0 atom stereocenters. The Morgan fingerprint density at radius 1 is 1.20 bits per heavy atom. The van der Waals surface area contributed by atoms with E-state index in [2.05, 4.69) is 10.3 Å². The highest BCUT2D eigenvalue weighted by atomic mass is 32.1. The lowest BCUT2D eigenvalue weighted by Gasteiger charge is -2.08. The first-order chi connectivity index (χ1) is 14.5. The average Bonchev–Trinajstić information content (AvgIpc) is 3.12. The number of carbonyl (C=O) groups is 1. The molecule has 2 aromatic heterocycles. The number of nitrogens with one attached hydrogen (secondary N) is 1. The molecule has 0 radical (unpaired) electrons. The summed E-state index contributed by atoms with van der Waals surface area (Å²) in [5.74, 6) is -0.238. The van der Waals surface area contributed by atoms with Crippen LogP contribution in [0.25, 0.3) is 10.2 Å². The van der Waals surface area contributed by atoms with E-state index in [0.717, 1.165) is 16.0 Å². The number of halogens is 1. The lowest BCUT2D eigenvalue weighted by molar-refractivity contribution is 0.102. The molecule has 4 aromatic rings. The van der Waals surface area contributed by atoms with Crippen LogP contribution in [-0.2, 0) is 6.54 Å². The van der Waals surface area contributed by atoms with Gasteiger partial charge in [-0.3, -0.25) is 14.9 Å². The molecule has 0 bridgehead atoms. The number of nitrogens with zero attached hydrogens (tertiary/aromatic N) is 2. The van der Waals surface area contributed by atoms with Crippen LogP contribution in [-0.4, -0.2) is 22.1 Å². The number of hydrogen-bond donors (Lipinski definition) is 1. The molecular formula is C22H18FN3O3S. The van der Waals surface area contributed by atoms with Gasteiger partial charge < -0.3 is 9.30 Å². The molecule has 0 saturated heterocycles. The van der Waals surface area contributed by atoms with Crippen LogP contribution in [0.1, 0.15) is 22.8 Å². The van der Waals surface area contributed by atoms with Crippen LogP contribution < -0.4 is 15.6 Å². The SMILES string of the molecule is CCOc1ccc2nc(NC(=O)c3cccn(Cc4ccccc4F)c3=O)sc2c1. The van der Waals surface area contributed by atoms with Gasteiger partial charge in [0.15, 0.2) is 5.13 Å². The zero-order chi connectivity index (χ0) is 21.1. The van der Waals surface area contributed by atoms with Crippen LogP contribution in [0.4, 0.5) is 9.52 Å². The van der Waals surface area contributed by atoms with Crippen molar-refractivity contribution < 1.29 is 13.9 Å². The molecule has 0 aliphatic heterocycles. The summed E-state index contributed by atoms with van der Waals surface area (Å²) in [5.41, 5.74) is 0.554. The predicted molar refractivity (Wildman–Crippen MR) is 115 cm³/mol. The summed E-state index contributed by atoms with van der Waals surface area (Å²) in [6.07, 6.45) is 1.53. The van der Waals surface area contributed by atoms with E-state index in [-0.39, 0.29) is 12.1 Å². The van der Waals surface area contributed by atoms with Gasteiger partial charge in [0, 0.05) is 11.8 Å². The van der Waals surface area contributed by atoms with Gasteiger partial charge in [-0.15, -0.1) is 0 Å². The summed E-state index contributed by atoms with van der Waals surface area (Å²) < 4.78 is 21.6. The van der Waals surface area contributed by atoms with E-state index in [1.807, 2.05) is 25.1 Å². The molecule has 0 unspecified atom stereocenters. The molecule has 1 amide bonds. The van der Waals surface area contributed by atoms with E-state index in [9.17, 15) is 14.0 Å². The number of amides is 1. The fraction of sp³-hybridized carbons (Fsp3) is 0.136. The van der Waals surface area contributed by atoms with Crippen molar-refractivity contribution >= 4 is 32.6 Å². The zero-order valence-electron chi connectivity index (χ0n) is 16.1. The standard InChI is InChI=1S/C22H18FN3O3S/c1-2-29-15-9-10-18-19(12-15)30-22(24-18)25-20(27)16-7-5-11-26(21(16)28)13-14-6-3-4-8-17(14)23/h3-12H,2,13H2,1H3,(H,24,25,27). The predicted octanol–water partition coefficient (Wildman–Crippen LogP) is 4.30. The lowest BCUT2D eigenvalue weighted by Crippen LogP contribution is -2.29. The Balaban J connectivity index is 1.57. The molecule has 30 heavy (non-hydrogen) atoms. The molecule has 4 rings (SSSR count). The van der Waals surface area contributed by atoms with E-state index in [4.69, 9.17) is 4.74 Å². The molecule has 0 fully saturated rings. The first kappa shape index (κ1) is 19.8. The quantitative estimate of drug-likeness (QED) is 0.502. The van der Waals surface area contributed by atoms with Crippen molar-refractivity contribution in [2.24, 2.45) is 0 Å². The number of ether oxygens (including phenoxy) is 1. The molecule has 0 aliphatic carbocycles. The normalized spacial score (nSPS) is 10.9. The second-order valence-corrected chi connectivity index (χ2v) is 7.51. The smallest absolute Gasteiger partial charge is 0.263 e. The Kier molecular flexibility index (Phi) is 5.58. The Morgan fingerprint density at radius 2 is 2.03 bits per heavy atom. The fourth-order valence-electron chi connectivity index (χ4n) is 3.02. The molecule has 2 aromatic carbocycles. The van der Waals surface area contributed by atoms with Gasteiger partial charge in [0.2, 0.25) is 0 Å². The largest absolute Gasteiger partial charge is 0.494 e. The van der Waals surface area contributed by atoms with E-state index < -0.39 is 17.3 Å². The Morgan fingerprint density at radius 3 is 2.83 bits per heavy atom. The maximum atomic E-state index is 13.9. The minimum atomic E-state index is -0.563. The first-order valence-corrected chi connectivity index (χ1v) is 10.1. The minimum absolute atomic E-state index is 0.0357. The van der Waals surface area contributed by atoms with Crippen LogP contribution in [0.15, 0.2) is 65.6 Å². The lowest BCUT2D eigenvalue weighted by atomic mass is 10.2. The molecule has 0 saturated carbocycles. The van der Waals surface area contributed by atoms with Gasteiger partial charge in [-0.2, -0.15) is 0 Å². The fourth-order valence-corrected chi connectivity index (χ4v) is 3.91. The van der Waals surface area contributed by atoms with Crippen molar-refractivity contribution in [2.45, 2.75) is 13.5 Å². The van der Waals surface area contributed by atoms with Crippen molar-refractivity contribution in [1.82, 2.24) is 9.55 Å². The number of anilines is 1. The molecule has 8 heteroatoms. The van der Waals surface area contributed by atoms with E-state index >= 15 is 0 Å². The number of hydrogen-bond acceptors (Lipinski definition) is 5. The third-order valence-electron chi connectivity index (χ3n) is 4.45. The maximum absolute atomic E-state index is 13.9. The zero-order valence-corrected chi connectivity index (χ0v) is 16.9. The number of fused-ring (bicyclic) bond motifs is 1. The van der Waals surface area contributed by atoms with Crippen molar-refractivity contribution in [2.75, 3.05) is 11.9 Å². The third-order valence-corrected chi connectivity index (χ3v) is 5.39. The number of carbonyl (C=O) groups excluding carboxylic acids is 1. The van der Waals surface area contributed by atoms with Gasteiger partial charge in [0.1, 0.15) is 17.1 Å². The number of pyridine rings is 1. The van der Waals surface area contributed by atoms with Crippen LogP contribution in [0.5, 0.6) is 5.75 Å². The highest BCUT2D eigenvalue weighted by molar-refractivity contribution is 7.22. The van der Waals surface area contributed by atoms with Gasteiger partial charge in [0.05, 0.1) is 23.4 Å². The summed E-state index contributed by atoms with van der Waals surface area (Å²) in [6.45, 7) is 2.50. The second-order valence-electron chi connectivity index (χ2n) is 6.48. The molecule has 0 spiro atoms. The highest BCUT2D eigenvalue weighted by Gasteiger charge is 2.15.